The molecular weight excluding hydrogens is 376 g/mol. The molecule has 0 aliphatic carbocycles. The van der Waals surface area contributed by atoms with Gasteiger partial charge in [0.25, 0.3) is 6.43 Å². The van der Waals surface area contributed by atoms with Crippen molar-refractivity contribution in [3.8, 4) is 0 Å². The lowest BCUT2D eigenvalue weighted by molar-refractivity contribution is -0.122. The van der Waals surface area contributed by atoms with E-state index < -0.39 is 42.3 Å². The molecule has 0 aromatic carbocycles. The number of nitrogens with one attached hydrogen (secondary N) is 1. The van der Waals surface area contributed by atoms with Crippen molar-refractivity contribution in [3.63, 3.8) is 0 Å². The molecule has 11 heteroatoms. The number of carbonyl (C=O) groups excluding carboxylic acids is 1. The van der Waals surface area contributed by atoms with E-state index in [1.807, 2.05) is 0 Å². The van der Waals surface area contributed by atoms with Crippen LogP contribution in [0, 0.1) is 5.92 Å². The van der Waals surface area contributed by atoms with Crippen LogP contribution in [0.5, 0.6) is 0 Å². The molecule has 26 heavy (non-hydrogen) atoms. The largest absolute Gasteiger partial charge is 0.377 e. The standard InChI is InChI=1S/C15H18F4N4O2S/c1-15(18,19)5-8-3-7(13(24)20-8)4-9-11(12(16)17)21-14-23(9)22-10(26-14)6-25-2/h7-8,12H,3-6H2,1-2H3,(H,20,24). The zero-order chi connectivity index (χ0) is 19.1. The van der Waals surface area contributed by atoms with Crippen molar-refractivity contribution in [3.05, 3.63) is 16.4 Å². The summed E-state index contributed by atoms with van der Waals surface area (Å²) >= 11 is 1.12. The van der Waals surface area contributed by atoms with E-state index in [1.165, 1.54) is 11.6 Å². The molecule has 6 nitrogen and oxygen atoms in total. The highest BCUT2D eigenvalue weighted by Gasteiger charge is 2.38. The third kappa shape index (κ3) is 3.98. The van der Waals surface area contributed by atoms with Gasteiger partial charge in [-0.05, 0) is 13.3 Å². The predicted octanol–water partition coefficient (Wildman–Crippen LogP) is 2.97. The molecule has 0 radical (unpaired) electrons. The van der Waals surface area contributed by atoms with E-state index in [9.17, 15) is 22.4 Å². The summed E-state index contributed by atoms with van der Waals surface area (Å²) in [6, 6.07) is -0.676. The number of hydrogen-bond acceptors (Lipinski definition) is 5. The summed E-state index contributed by atoms with van der Waals surface area (Å²) in [5, 5.41) is 7.30. The van der Waals surface area contributed by atoms with Gasteiger partial charge in [0.05, 0.1) is 12.3 Å². The number of aromatic nitrogens is 3. The Kier molecular flexibility index (Phi) is 5.20. The van der Waals surface area contributed by atoms with Crippen molar-refractivity contribution < 1.29 is 27.1 Å². The zero-order valence-electron chi connectivity index (χ0n) is 14.1. The van der Waals surface area contributed by atoms with E-state index in [2.05, 4.69) is 15.4 Å². The molecule has 144 valence electrons. The third-order valence-corrected chi connectivity index (χ3v) is 5.06. The van der Waals surface area contributed by atoms with E-state index in [1.54, 1.807) is 0 Å². The first-order chi connectivity index (χ1) is 12.2. The molecule has 0 spiro atoms. The molecule has 2 aromatic heterocycles. The molecule has 2 atom stereocenters. The summed E-state index contributed by atoms with van der Waals surface area (Å²) in [7, 11) is 1.49. The van der Waals surface area contributed by atoms with E-state index in [0.717, 1.165) is 18.3 Å². The Morgan fingerprint density at radius 1 is 1.46 bits per heavy atom. The van der Waals surface area contributed by atoms with Gasteiger partial charge in [-0.2, -0.15) is 5.10 Å². The number of fused-ring (bicyclic) bond motifs is 1. The van der Waals surface area contributed by atoms with Crippen LogP contribution < -0.4 is 5.32 Å². The summed E-state index contributed by atoms with van der Waals surface area (Å²) in [6.45, 7) is 1.00. The van der Waals surface area contributed by atoms with Crippen LogP contribution >= 0.6 is 11.3 Å². The van der Waals surface area contributed by atoms with Gasteiger partial charge >= 0.3 is 0 Å². The Morgan fingerprint density at radius 3 is 2.81 bits per heavy atom. The first-order valence-corrected chi connectivity index (χ1v) is 8.82. The number of ether oxygens (including phenoxy) is 1. The number of alkyl halides is 4. The van der Waals surface area contributed by atoms with E-state index in [4.69, 9.17) is 4.74 Å². The average Bonchev–Trinajstić information content (AvgIpc) is 3.13. The average molecular weight is 394 g/mol. The highest BCUT2D eigenvalue weighted by atomic mass is 32.1. The van der Waals surface area contributed by atoms with Crippen LogP contribution in [0.3, 0.4) is 0 Å². The molecule has 1 N–H and O–H groups in total. The molecule has 3 rings (SSSR count). The van der Waals surface area contributed by atoms with Crippen LogP contribution in [0.25, 0.3) is 4.96 Å². The molecule has 1 aliphatic rings. The van der Waals surface area contributed by atoms with Gasteiger partial charge in [0, 0.05) is 31.9 Å². The molecule has 1 amide bonds. The lowest BCUT2D eigenvalue weighted by atomic mass is 9.96. The van der Waals surface area contributed by atoms with Gasteiger partial charge in [-0.3, -0.25) is 4.79 Å². The summed E-state index contributed by atoms with van der Waals surface area (Å²) in [4.78, 5) is 16.3. The Labute approximate surface area is 150 Å². The van der Waals surface area contributed by atoms with Gasteiger partial charge in [-0.1, -0.05) is 11.3 Å². The van der Waals surface area contributed by atoms with Crippen molar-refractivity contribution in [2.45, 2.75) is 51.2 Å². The SMILES string of the molecule is COCc1nn2c(CC3CC(CC(C)(F)F)NC3=O)c(C(F)F)nc2s1. The quantitative estimate of drug-likeness (QED) is 0.734. The molecule has 1 aliphatic heterocycles. The highest BCUT2D eigenvalue weighted by molar-refractivity contribution is 7.16. The van der Waals surface area contributed by atoms with Gasteiger partial charge in [0.15, 0.2) is 0 Å². The molecule has 0 bridgehead atoms. The third-order valence-electron chi connectivity index (χ3n) is 4.17. The number of rotatable bonds is 7. The Bertz CT molecular complexity index is 801. The van der Waals surface area contributed by atoms with Crippen LogP contribution in [0.4, 0.5) is 17.6 Å². The smallest absolute Gasteiger partial charge is 0.282 e. The first-order valence-electron chi connectivity index (χ1n) is 8.00. The molecule has 2 unspecified atom stereocenters. The van der Waals surface area contributed by atoms with Crippen molar-refractivity contribution in [2.75, 3.05) is 7.11 Å². The van der Waals surface area contributed by atoms with Crippen molar-refractivity contribution >= 4 is 22.2 Å². The number of hydrogen-bond donors (Lipinski definition) is 1. The van der Waals surface area contributed by atoms with E-state index >= 15 is 0 Å². The number of methoxy groups -OCH3 is 1. The van der Waals surface area contributed by atoms with Crippen LogP contribution in [-0.4, -0.2) is 39.6 Å². The number of amides is 1. The molecular formula is C15H18F4N4O2S. The lowest BCUT2D eigenvalue weighted by Crippen LogP contribution is -2.31. The molecule has 0 saturated carbocycles. The number of nitrogens with zero attached hydrogens (tertiary/aromatic N) is 3. The maximum absolute atomic E-state index is 13.3. The van der Waals surface area contributed by atoms with Crippen LogP contribution in [0.2, 0.25) is 0 Å². The second kappa shape index (κ2) is 7.10. The number of imidazole rings is 1. The normalized spacial score (nSPS) is 21.1. The predicted molar refractivity (Wildman–Crippen MR) is 85.5 cm³/mol. The maximum Gasteiger partial charge on any atom is 0.282 e. The number of halogens is 4. The molecule has 2 aromatic rings. The number of carbonyl (C=O) groups is 1. The van der Waals surface area contributed by atoms with Gasteiger partial charge in [-0.15, -0.1) is 0 Å². The zero-order valence-corrected chi connectivity index (χ0v) is 15.0. The highest BCUT2D eigenvalue weighted by Crippen LogP contribution is 2.32. The van der Waals surface area contributed by atoms with Gasteiger partial charge in [-0.25, -0.2) is 27.1 Å². The monoisotopic (exact) mass is 394 g/mol. The Morgan fingerprint density at radius 2 is 2.19 bits per heavy atom. The van der Waals surface area contributed by atoms with Crippen molar-refractivity contribution in [1.29, 1.82) is 0 Å². The lowest BCUT2D eigenvalue weighted by Gasteiger charge is -2.15. The Balaban J connectivity index is 1.85. The van der Waals surface area contributed by atoms with E-state index in [0.29, 0.717) is 5.01 Å². The minimum absolute atomic E-state index is 0.0331. The maximum atomic E-state index is 13.3. The van der Waals surface area contributed by atoms with Crippen molar-refractivity contribution in [1.82, 2.24) is 19.9 Å². The minimum Gasteiger partial charge on any atom is -0.377 e. The fraction of sp³-hybridized carbons (Fsp3) is 0.667. The van der Waals surface area contributed by atoms with Crippen LogP contribution in [-0.2, 0) is 22.6 Å². The second-order valence-electron chi connectivity index (χ2n) is 6.48. The van der Waals surface area contributed by atoms with Crippen molar-refractivity contribution in [2.24, 2.45) is 5.92 Å². The Hall–Kier alpha value is -1.75. The first kappa shape index (κ1) is 19.0. The van der Waals surface area contributed by atoms with Gasteiger partial charge < -0.3 is 10.1 Å². The van der Waals surface area contributed by atoms with Gasteiger partial charge in [0.2, 0.25) is 16.8 Å². The molecule has 1 fully saturated rings. The van der Waals surface area contributed by atoms with E-state index in [-0.39, 0.29) is 30.1 Å². The van der Waals surface area contributed by atoms with Gasteiger partial charge in [0.1, 0.15) is 10.7 Å². The molecule has 1 saturated heterocycles. The summed E-state index contributed by atoms with van der Waals surface area (Å²) in [5.74, 6) is -4.00. The second-order valence-corrected chi connectivity index (χ2v) is 7.52. The summed E-state index contributed by atoms with van der Waals surface area (Å²) < 4.78 is 59.3. The fourth-order valence-corrected chi connectivity index (χ4v) is 4.09. The van der Waals surface area contributed by atoms with Crippen LogP contribution in [0.1, 0.15) is 42.6 Å². The topological polar surface area (TPSA) is 68.5 Å². The summed E-state index contributed by atoms with van der Waals surface area (Å²) in [6.07, 6.45) is -3.17. The van der Waals surface area contributed by atoms with Crippen LogP contribution in [0.15, 0.2) is 0 Å². The molecule has 3 heterocycles. The fourth-order valence-electron chi connectivity index (χ4n) is 3.20. The summed E-state index contributed by atoms with van der Waals surface area (Å²) in [5.41, 5.74) is -0.289. The minimum atomic E-state index is -2.91.